The molecule has 6 rings (SSSR count). The third kappa shape index (κ3) is 1.81. The van der Waals surface area contributed by atoms with Crippen LogP contribution < -0.4 is 9.64 Å². The molecular weight excluding hydrogens is 356 g/mol. The van der Waals surface area contributed by atoms with Crippen LogP contribution in [0.2, 0.25) is 0 Å². The number of piperidine rings is 1. The van der Waals surface area contributed by atoms with Gasteiger partial charge in [0.25, 0.3) is 0 Å². The molecule has 1 aromatic carbocycles. The maximum atomic E-state index is 12.9. The van der Waals surface area contributed by atoms with E-state index in [1.165, 1.54) is 11.1 Å². The largest absolute Gasteiger partial charge is 0.497 e. The maximum Gasteiger partial charge on any atom is 0.228 e. The molecule has 1 N–H and O–H groups in total. The summed E-state index contributed by atoms with van der Waals surface area (Å²) in [6, 6.07) is 6.42. The zero-order valence-corrected chi connectivity index (χ0v) is 16.1. The number of anilines is 1. The number of fused-ring (bicyclic) bond motifs is 1. The summed E-state index contributed by atoms with van der Waals surface area (Å²) in [5.74, 6) is 0.856. The Bertz CT molecular complexity index is 967. The van der Waals surface area contributed by atoms with Crippen molar-refractivity contribution in [1.29, 1.82) is 0 Å². The van der Waals surface area contributed by atoms with E-state index in [2.05, 4.69) is 17.0 Å². The van der Waals surface area contributed by atoms with Gasteiger partial charge in [-0.2, -0.15) is 0 Å². The van der Waals surface area contributed by atoms with E-state index in [0.29, 0.717) is 12.6 Å². The second-order valence-electron chi connectivity index (χ2n) is 8.50. The normalized spacial score (nSPS) is 35.3. The number of methoxy groups -OCH3 is 1. The third-order valence-corrected chi connectivity index (χ3v) is 7.50. The van der Waals surface area contributed by atoms with E-state index in [4.69, 9.17) is 9.47 Å². The van der Waals surface area contributed by atoms with Crippen molar-refractivity contribution in [1.82, 2.24) is 4.90 Å². The van der Waals surface area contributed by atoms with Crippen LogP contribution in [0.4, 0.5) is 5.69 Å². The molecule has 0 radical (unpaired) electrons. The molecule has 4 aliphatic heterocycles. The Kier molecular flexibility index (Phi) is 3.27. The minimum absolute atomic E-state index is 0.0331. The number of carbonyl (C=O) groups is 1. The summed E-state index contributed by atoms with van der Waals surface area (Å²) in [6.45, 7) is 3.94. The smallest absolute Gasteiger partial charge is 0.228 e. The van der Waals surface area contributed by atoms with E-state index in [1.807, 2.05) is 17.0 Å². The predicted octanol–water partition coefficient (Wildman–Crippen LogP) is 1.94. The molecule has 1 aliphatic carbocycles. The number of nitrogens with zero attached hydrogens (tertiary/aromatic N) is 2. The van der Waals surface area contributed by atoms with Crippen LogP contribution in [0.3, 0.4) is 0 Å². The van der Waals surface area contributed by atoms with E-state index >= 15 is 0 Å². The molecule has 2 bridgehead atoms. The fourth-order valence-corrected chi connectivity index (χ4v) is 6.49. The van der Waals surface area contributed by atoms with Crippen molar-refractivity contribution in [2.45, 2.75) is 37.5 Å². The molecule has 0 unspecified atom stereocenters. The monoisotopic (exact) mass is 380 g/mol. The van der Waals surface area contributed by atoms with Gasteiger partial charge in [-0.15, -0.1) is 0 Å². The van der Waals surface area contributed by atoms with Gasteiger partial charge in [-0.05, 0) is 24.5 Å². The maximum absolute atomic E-state index is 12.9. The summed E-state index contributed by atoms with van der Waals surface area (Å²) in [5, 5.41) is 11.0. The average Bonchev–Trinajstić information content (AvgIpc) is 3.15. The first kappa shape index (κ1) is 16.8. The highest BCUT2D eigenvalue weighted by molar-refractivity contribution is 6.00. The van der Waals surface area contributed by atoms with Gasteiger partial charge >= 0.3 is 0 Å². The van der Waals surface area contributed by atoms with Crippen molar-refractivity contribution < 1.29 is 19.4 Å². The number of amides is 1. The number of carbonyl (C=O) groups excluding carboxylic acids is 1. The summed E-state index contributed by atoms with van der Waals surface area (Å²) in [7, 11) is 1.65. The average molecular weight is 380 g/mol. The fraction of sp³-hybridized carbons (Fsp3) is 0.500. The molecule has 2 fully saturated rings. The van der Waals surface area contributed by atoms with Crippen molar-refractivity contribution >= 4 is 11.6 Å². The van der Waals surface area contributed by atoms with E-state index in [9.17, 15) is 9.90 Å². The van der Waals surface area contributed by atoms with Crippen molar-refractivity contribution in [3.05, 3.63) is 46.7 Å². The second-order valence-corrected chi connectivity index (χ2v) is 8.50. The summed E-state index contributed by atoms with van der Waals surface area (Å²) in [5.41, 5.74) is 4.99. The Balaban J connectivity index is 1.71. The van der Waals surface area contributed by atoms with Gasteiger partial charge in [0.15, 0.2) is 6.29 Å². The van der Waals surface area contributed by atoms with E-state index in [1.54, 1.807) is 14.0 Å². The Morgan fingerprint density at radius 2 is 2.25 bits per heavy atom. The summed E-state index contributed by atoms with van der Waals surface area (Å²) in [4.78, 5) is 17.3. The lowest BCUT2D eigenvalue weighted by atomic mass is 9.61. The lowest BCUT2D eigenvalue weighted by molar-refractivity contribution is -0.116. The molecule has 6 nitrogen and oxygen atoms in total. The van der Waals surface area contributed by atoms with Crippen LogP contribution in [-0.4, -0.2) is 55.1 Å². The molecule has 4 heterocycles. The van der Waals surface area contributed by atoms with Gasteiger partial charge in [-0.3, -0.25) is 14.6 Å². The lowest BCUT2D eigenvalue weighted by Crippen LogP contribution is -2.55. The molecule has 0 aromatic heterocycles. The standard InChI is InChI=1S/C22H24N2O4/c1-12(25)24-17-9-14(27-2)3-4-16(17)22-6-7-23-11-13-5-8-28-21(26)19(20(22)24)15(13)10-18(22)23/h3-5,9,15,18,21,26H,6-8,10-11H2,1-2H3/t15-,18-,21-,22-/m1/s1. The first-order valence-corrected chi connectivity index (χ1v) is 10.0. The molecule has 0 saturated carbocycles. The molecule has 28 heavy (non-hydrogen) atoms. The van der Waals surface area contributed by atoms with Gasteiger partial charge in [-0.1, -0.05) is 17.7 Å². The fourth-order valence-electron chi connectivity index (χ4n) is 6.49. The Labute approximate surface area is 164 Å². The molecule has 1 aromatic rings. The van der Waals surface area contributed by atoms with Crippen LogP contribution in [-0.2, 0) is 14.9 Å². The van der Waals surface area contributed by atoms with Crippen LogP contribution in [0, 0.1) is 5.92 Å². The molecule has 4 atom stereocenters. The molecule has 6 heteroatoms. The molecule has 1 spiro atoms. The Hall–Kier alpha value is -2.15. The molecule has 1 amide bonds. The number of benzene rings is 1. The lowest BCUT2D eigenvalue weighted by Gasteiger charge is -2.50. The first-order valence-electron chi connectivity index (χ1n) is 10.0. The number of rotatable bonds is 1. The molecular formula is C22H24N2O4. The van der Waals surface area contributed by atoms with E-state index in [0.717, 1.165) is 48.6 Å². The minimum Gasteiger partial charge on any atom is -0.497 e. The summed E-state index contributed by atoms with van der Waals surface area (Å²) < 4.78 is 11.2. The van der Waals surface area contributed by atoms with Crippen molar-refractivity contribution in [3.63, 3.8) is 0 Å². The number of ether oxygens (including phenoxy) is 2. The van der Waals surface area contributed by atoms with Crippen molar-refractivity contribution in [2.75, 3.05) is 31.7 Å². The second kappa shape index (κ2) is 5.47. The first-order chi connectivity index (χ1) is 13.6. The number of hydrogen-bond donors (Lipinski definition) is 1. The number of aliphatic hydroxyl groups excluding tert-OH is 1. The van der Waals surface area contributed by atoms with Crippen LogP contribution in [0.25, 0.3) is 0 Å². The Morgan fingerprint density at radius 1 is 1.39 bits per heavy atom. The van der Waals surface area contributed by atoms with Gasteiger partial charge in [-0.25, -0.2) is 0 Å². The molecule has 5 aliphatic rings. The highest BCUT2D eigenvalue weighted by Crippen LogP contribution is 2.64. The minimum atomic E-state index is -0.975. The van der Waals surface area contributed by atoms with Crippen molar-refractivity contribution in [2.24, 2.45) is 5.92 Å². The van der Waals surface area contributed by atoms with Crippen LogP contribution >= 0.6 is 0 Å². The third-order valence-electron chi connectivity index (χ3n) is 7.50. The Morgan fingerprint density at radius 3 is 3.04 bits per heavy atom. The van der Waals surface area contributed by atoms with Crippen molar-refractivity contribution in [3.8, 4) is 5.75 Å². The van der Waals surface area contributed by atoms with Gasteiger partial charge in [0.2, 0.25) is 5.91 Å². The predicted molar refractivity (Wildman–Crippen MR) is 103 cm³/mol. The van der Waals surface area contributed by atoms with Crippen LogP contribution in [0.5, 0.6) is 5.75 Å². The van der Waals surface area contributed by atoms with Gasteiger partial charge in [0.05, 0.1) is 24.8 Å². The number of aliphatic hydroxyl groups is 1. The van der Waals surface area contributed by atoms with Gasteiger partial charge in [0.1, 0.15) is 5.75 Å². The SMILES string of the molecule is COc1ccc2c(c1)N(C(C)=O)C1=C3[C@@H]4C[C@H]5N(CC[C@@]125)CC4=CCO[C@H]3O. The molecule has 146 valence electrons. The van der Waals surface area contributed by atoms with Gasteiger partial charge < -0.3 is 14.6 Å². The molecule has 2 saturated heterocycles. The highest BCUT2D eigenvalue weighted by atomic mass is 16.6. The zero-order chi connectivity index (χ0) is 19.2. The number of hydrogen-bond acceptors (Lipinski definition) is 5. The van der Waals surface area contributed by atoms with Crippen LogP contribution in [0.15, 0.2) is 41.1 Å². The quantitative estimate of drug-likeness (QED) is 0.755. The van der Waals surface area contributed by atoms with E-state index in [-0.39, 0.29) is 17.2 Å². The summed E-state index contributed by atoms with van der Waals surface area (Å²) >= 11 is 0. The highest BCUT2D eigenvalue weighted by Gasteiger charge is 2.64. The van der Waals surface area contributed by atoms with E-state index < -0.39 is 6.29 Å². The topological polar surface area (TPSA) is 62.2 Å². The van der Waals surface area contributed by atoms with Gasteiger partial charge in [0, 0.05) is 49.3 Å². The van der Waals surface area contributed by atoms with Crippen LogP contribution in [0.1, 0.15) is 25.3 Å². The summed E-state index contributed by atoms with van der Waals surface area (Å²) in [6.07, 6.45) is 3.08. The zero-order valence-electron chi connectivity index (χ0n) is 16.1.